The number of ketones is 1. The van der Waals surface area contributed by atoms with Crippen LogP contribution < -0.4 is 9.47 Å². The number of benzene rings is 2. The highest BCUT2D eigenvalue weighted by atomic mass is 35.5. The van der Waals surface area contributed by atoms with E-state index in [0.717, 1.165) is 53.0 Å². The van der Waals surface area contributed by atoms with Crippen LogP contribution in [-0.2, 0) is 19.6 Å². The van der Waals surface area contributed by atoms with Gasteiger partial charge >= 0.3 is 0 Å². The summed E-state index contributed by atoms with van der Waals surface area (Å²) in [5, 5.41) is 3.56. The molecule has 0 aliphatic carbocycles. The van der Waals surface area contributed by atoms with E-state index in [0.29, 0.717) is 24.6 Å². The van der Waals surface area contributed by atoms with Crippen molar-refractivity contribution in [2.24, 2.45) is 5.92 Å². The SMILES string of the molecule is CC(C)CCCC(=O)c1csc(CN(Cc2ccc(Cl)cc2)Cc2ccc3c(c2)OCO3)n1. The Morgan fingerprint density at radius 1 is 1.06 bits per heavy atom. The van der Waals surface area contributed by atoms with Crippen LogP contribution in [0.5, 0.6) is 11.5 Å². The van der Waals surface area contributed by atoms with Crippen LogP contribution in [0.25, 0.3) is 0 Å². The molecular weight excluding hydrogens is 456 g/mol. The molecule has 33 heavy (non-hydrogen) atoms. The molecule has 1 aliphatic heterocycles. The van der Waals surface area contributed by atoms with Gasteiger partial charge in [0.05, 0.1) is 6.54 Å². The van der Waals surface area contributed by atoms with E-state index in [-0.39, 0.29) is 12.6 Å². The third-order valence-electron chi connectivity index (χ3n) is 5.54. The summed E-state index contributed by atoms with van der Waals surface area (Å²) in [6, 6.07) is 14.0. The van der Waals surface area contributed by atoms with Crippen molar-refractivity contribution in [2.75, 3.05) is 6.79 Å². The van der Waals surface area contributed by atoms with Crippen LogP contribution in [0.3, 0.4) is 0 Å². The van der Waals surface area contributed by atoms with Crippen molar-refractivity contribution in [1.29, 1.82) is 0 Å². The summed E-state index contributed by atoms with van der Waals surface area (Å²) in [6.45, 7) is 6.74. The number of carbonyl (C=O) groups excluding carboxylic acids is 1. The van der Waals surface area contributed by atoms with Crippen molar-refractivity contribution in [2.45, 2.75) is 52.7 Å². The Bertz CT molecular complexity index is 1080. The number of hydrogen-bond acceptors (Lipinski definition) is 6. The summed E-state index contributed by atoms with van der Waals surface area (Å²) < 4.78 is 11.0. The maximum absolute atomic E-state index is 12.5. The first-order chi connectivity index (χ1) is 16.0. The molecule has 174 valence electrons. The van der Waals surface area contributed by atoms with E-state index < -0.39 is 0 Å². The third kappa shape index (κ3) is 6.79. The van der Waals surface area contributed by atoms with Gasteiger partial charge in [-0.1, -0.05) is 50.1 Å². The number of hydrogen-bond donors (Lipinski definition) is 0. The molecule has 1 aromatic heterocycles. The minimum atomic E-state index is 0.137. The van der Waals surface area contributed by atoms with Gasteiger partial charge in [0, 0.05) is 29.9 Å². The van der Waals surface area contributed by atoms with Crippen LogP contribution in [-0.4, -0.2) is 22.5 Å². The molecule has 0 spiro atoms. The smallest absolute Gasteiger partial charge is 0.231 e. The average molecular weight is 485 g/mol. The summed E-state index contributed by atoms with van der Waals surface area (Å²) >= 11 is 7.62. The zero-order chi connectivity index (χ0) is 23.2. The molecule has 0 saturated heterocycles. The Balaban J connectivity index is 1.46. The molecule has 2 heterocycles. The predicted molar refractivity (Wildman–Crippen MR) is 132 cm³/mol. The molecule has 0 atom stereocenters. The molecule has 0 radical (unpaired) electrons. The van der Waals surface area contributed by atoms with Gasteiger partial charge in [-0.3, -0.25) is 9.69 Å². The highest BCUT2D eigenvalue weighted by Gasteiger charge is 2.17. The van der Waals surface area contributed by atoms with Crippen molar-refractivity contribution < 1.29 is 14.3 Å². The second kappa shape index (κ2) is 11.1. The molecular formula is C26H29ClN2O3S. The molecule has 4 rings (SSSR count). The molecule has 2 aromatic carbocycles. The van der Waals surface area contributed by atoms with Gasteiger partial charge < -0.3 is 9.47 Å². The quantitative estimate of drug-likeness (QED) is 0.282. The standard InChI is InChI=1S/C26H29ClN2O3S/c1-18(2)4-3-5-23(30)22-16-33-26(28-22)15-29(13-19-6-9-21(27)10-7-19)14-20-8-11-24-25(12-20)32-17-31-24/h6-12,16,18H,3-5,13-15,17H2,1-2H3. The molecule has 0 fully saturated rings. The van der Waals surface area contributed by atoms with Crippen LogP contribution in [0.4, 0.5) is 0 Å². The topological polar surface area (TPSA) is 51.7 Å². The number of Topliss-reactive ketones (excluding diaryl/α,β-unsaturated/α-hetero) is 1. The number of aromatic nitrogens is 1. The molecule has 0 N–H and O–H groups in total. The number of halogens is 1. The fourth-order valence-electron chi connectivity index (χ4n) is 3.82. The molecule has 0 bridgehead atoms. The second-order valence-corrected chi connectivity index (χ2v) is 10.2. The van der Waals surface area contributed by atoms with Gasteiger partial charge in [0.2, 0.25) is 6.79 Å². The van der Waals surface area contributed by atoms with E-state index in [1.807, 2.05) is 41.8 Å². The van der Waals surface area contributed by atoms with Crippen molar-refractivity contribution in [3.05, 3.63) is 74.7 Å². The van der Waals surface area contributed by atoms with Crippen LogP contribution in [0, 0.1) is 5.92 Å². The Morgan fingerprint density at radius 3 is 2.58 bits per heavy atom. The van der Waals surface area contributed by atoms with E-state index in [1.54, 1.807) is 11.3 Å². The third-order valence-corrected chi connectivity index (χ3v) is 6.63. The second-order valence-electron chi connectivity index (χ2n) is 8.79. The number of carbonyl (C=O) groups is 1. The molecule has 3 aromatic rings. The Hall–Kier alpha value is -2.41. The van der Waals surface area contributed by atoms with Crippen molar-refractivity contribution >= 4 is 28.7 Å². The zero-order valence-electron chi connectivity index (χ0n) is 19.1. The van der Waals surface area contributed by atoms with E-state index in [9.17, 15) is 4.79 Å². The fourth-order valence-corrected chi connectivity index (χ4v) is 4.78. The summed E-state index contributed by atoms with van der Waals surface area (Å²) in [5.74, 6) is 2.31. The first-order valence-electron chi connectivity index (χ1n) is 11.3. The minimum absolute atomic E-state index is 0.137. The van der Waals surface area contributed by atoms with Crippen LogP contribution >= 0.6 is 22.9 Å². The lowest BCUT2D eigenvalue weighted by Gasteiger charge is -2.22. The number of thiazole rings is 1. The summed E-state index contributed by atoms with van der Waals surface area (Å²) in [7, 11) is 0. The van der Waals surface area contributed by atoms with Gasteiger partial charge in [0.15, 0.2) is 17.3 Å². The molecule has 5 nitrogen and oxygen atoms in total. The van der Waals surface area contributed by atoms with Crippen molar-refractivity contribution in [3.63, 3.8) is 0 Å². The Labute approximate surface area is 204 Å². The van der Waals surface area contributed by atoms with Crippen LogP contribution in [0.1, 0.15) is 59.7 Å². The van der Waals surface area contributed by atoms with E-state index in [1.165, 1.54) is 5.56 Å². The lowest BCUT2D eigenvalue weighted by molar-refractivity contribution is 0.0973. The van der Waals surface area contributed by atoms with Crippen LogP contribution in [0.15, 0.2) is 47.8 Å². The Morgan fingerprint density at radius 2 is 1.79 bits per heavy atom. The monoisotopic (exact) mass is 484 g/mol. The van der Waals surface area contributed by atoms with Crippen molar-refractivity contribution in [1.82, 2.24) is 9.88 Å². The summed E-state index contributed by atoms with van der Waals surface area (Å²) in [4.78, 5) is 19.5. The van der Waals surface area contributed by atoms with Gasteiger partial charge in [-0.05, 0) is 47.7 Å². The van der Waals surface area contributed by atoms with Crippen molar-refractivity contribution in [3.8, 4) is 11.5 Å². The molecule has 0 saturated carbocycles. The average Bonchev–Trinajstić information content (AvgIpc) is 3.44. The normalized spacial score (nSPS) is 12.6. The summed E-state index contributed by atoms with van der Waals surface area (Å²) in [6.07, 6.45) is 2.54. The highest BCUT2D eigenvalue weighted by Crippen LogP contribution is 2.33. The summed E-state index contributed by atoms with van der Waals surface area (Å²) in [5.41, 5.74) is 2.89. The first-order valence-corrected chi connectivity index (χ1v) is 12.5. The lowest BCUT2D eigenvalue weighted by Crippen LogP contribution is -2.22. The van der Waals surface area contributed by atoms with E-state index in [2.05, 4.69) is 29.8 Å². The maximum atomic E-state index is 12.5. The first kappa shape index (κ1) is 23.7. The predicted octanol–water partition coefficient (Wildman–Crippen LogP) is 6.74. The van der Waals surface area contributed by atoms with Gasteiger partial charge in [-0.2, -0.15) is 0 Å². The zero-order valence-corrected chi connectivity index (χ0v) is 20.6. The number of nitrogens with zero attached hydrogens (tertiary/aromatic N) is 2. The molecule has 0 unspecified atom stereocenters. The van der Waals surface area contributed by atoms with E-state index in [4.69, 9.17) is 21.1 Å². The lowest BCUT2D eigenvalue weighted by atomic mass is 10.0. The van der Waals surface area contributed by atoms with Crippen LogP contribution in [0.2, 0.25) is 5.02 Å². The number of rotatable bonds is 11. The highest BCUT2D eigenvalue weighted by molar-refractivity contribution is 7.09. The Kier molecular flexibility index (Phi) is 8.02. The van der Waals surface area contributed by atoms with Gasteiger partial charge in [-0.15, -0.1) is 11.3 Å². The molecule has 7 heteroatoms. The maximum Gasteiger partial charge on any atom is 0.231 e. The largest absolute Gasteiger partial charge is 0.454 e. The van der Waals surface area contributed by atoms with E-state index >= 15 is 0 Å². The number of ether oxygens (including phenoxy) is 2. The minimum Gasteiger partial charge on any atom is -0.454 e. The van der Waals surface area contributed by atoms with Gasteiger partial charge in [0.25, 0.3) is 0 Å². The van der Waals surface area contributed by atoms with Gasteiger partial charge in [0.1, 0.15) is 10.7 Å². The molecule has 1 aliphatic rings. The van der Waals surface area contributed by atoms with Gasteiger partial charge in [-0.25, -0.2) is 4.98 Å². The molecule has 0 amide bonds. The number of fused-ring (bicyclic) bond motifs is 1. The fraction of sp³-hybridized carbons (Fsp3) is 0.385.